The lowest BCUT2D eigenvalue weighted by molar-refractivity contribution is 0.0696. The number of carboxylic acid groups (broad SMARTS) is 1. The van der Waals surface area contributed by atoms with Crippen molar-refractivity contribution in [2.45, 2.75) is 25.2 Å². The molecule has 0 unspecified atom stereocenters. The van der Waals surface area contributed by atoms with Gasteiger partial charge in [0.2, 0.25) is 0 Å². The summed E-state index contributed by atoms with van der Waals surface area (Å²) >= 11 is 0. The van der Waals surface area contributed by atoms with Crippen LogP contribution in [0.1, 0.15) is 30.6 Å². The maximum atomic E-state index is 12.3. The van der Waals surface area contributed by atoms with Crippen LogP contribution in [-0.2, 0) is 9.84 Å². The highest BCUT2D eigenvalue weighted by Gasteiger charge is 2.29. The molecule has 2 rings (SSSR count). The molecule has 0 aromatic heterocycles. The molecule has 0 radical (unpaired) electrons. The first-order valence-corrected chi connectivity index (χ1v) is 8.63. The van der Waals surface area contributed by atoms with E-state index in [9.17, 15) is 13.2 Å². The van der Waals surface area contributed by atoms with Crippen LogP contribution in [0.3, 0.4) is 0 Å². The molecule has 1 aliphatic rings. The van der Waals surface area contributed by atoms with Crippen LogP contribution < -0.4 is 0 Å². The van der Waals surface area contributed by atoms with Gasteiger partial charge in [-0.25, -0.2) is 13.2 Å². The number of sulfone groups is 1. The molecule has 1 fully saturated rings. The second-order valence-electron chi connectivity index (χ2n) is 6.34. The lowest BCUT2D eigenvalue weighted by atomic mass is 9.93. The zero-order chi connectivity index (χ0) is 15.7. The Kier molecular flexibility index (Phi) is 4.39. The standard InChI is InChI=1S/C15H21NO4S/c1-15(2)7-8-16(11-15)9-10-21(19,20)13-5-3-12(4-6-13)14(17)18/h3-6H,7-11H2,1-2H3,(H,17,18). The van der Waals surface area contributed by atoms with Crippen LogP contribution in [-0.4, -0.2) is 49.8 Å². The fourth-order valence-corrected chi connectivity index (χ4v) is 3.87. The lowest BCUT2D eigenvalue weighted by Gasteiger charge is -2.19. The Bertz CT molecular complexity index is 620. The predicted octanol–water partition coefficient (Wildman–Crippen LogP) is 1.89. The van der Waals surface area contributed by atoms with Gasteiger partial charge >= 0.3 is 5.97 Å². The molecule has 0 amide bonds. The Balaban J connectivity index is 2.00. The maximum absolute atomic E-state index is 12.3. The van der Waals surface area contributed by atoms with Crippen molar-refractivity contribution in [3.05, 3.63) is 29.8 Å². The Morgan fingerprint density at radius 2 is 1.90 bits per heavy atom. The lowest BCUT2D eigenvalue weighted by Crippen LogP contribution is -2.29. The maximum Gasteiger partial charge on any atom is 0.335 e. The summed E-state index contributed by atoms with van der Waals surface area (Å²) < 4.78 is 24.5. The zero-order valence-electron chi connectivity index (χ0n) is 12.4. The van der Waals surface area contributed by atoms with E-state index in [0.29, 0.717) is 6.54 Å². The predicted molar refractivity (Wildman–Crippen MR) is 80.3 cm³/mol. The quantitative estimate of drug-likeness (QED) is 0.899. The number of nitrogens with zero attached hydrogens (tertiary/aromatic N) is 1. The molecular weight excluding hydrogens is 290 g/mol. The summed E-state index contributed by atoms with van der Waals surface area (Å²) in [7, 11) is -3.36. The molecule has 5 nitrogen and oxygen atoms in total. The van der Waals surface area contributed by atoms with Gasteiger partial charge in [0.25, 0.3) is 0 Å². The van der Waals surface area contributed by atoms with Gasteiger partial charge in [0, 0.05) is 13.1 Å². The fourth-order valence-electron chi connectivity index (χ4n) is 2.59. The van der Waals surface area contributed by atoms with Crippen molar-refractivity contribution in [3.8, 4) is 0 Å². The molecule has 1 aromatic carbocycles. The highest BCUT2D eigenvalue weighted by molar-refractivity contribution is 7.91. The second-order valence-corrected chi connectivity index (χ2v) is 8.45. The normalized spacial score (nSPS) is 18.8. The molecule has 21 heavy (non-hydrogen) atoms. The fraction of sp³-hybridized carbons (Fsp3) is 0.533. The van der Waals surface area contributed by atoms with Crippen molar-refractivity contribution >= 4 is 15.8 Å². The van der Waals surface area contributed by atoms with E-state index in [2.05, 4.69) is 18.7 Å². The van der Waals surface area contributed by atoms with Crippen LogP contribution in [0.4, 0.5) is 0 Å². The highest BCUT2D eigenvalue weighted by atomic mass is 32.2. The van der Waals surface area contributed by atoms with E-state index in [0.717, 1.165) is 19.5 Å². The minimum atomic E-state index is -3.36. The number of benzene rings is 1. The molecule has 116 valence electrons. The van der Waals surface area contributed by atoms with Gasteiger partial charge in [0.1, 0.15) is 0 Å². The molecular formula is C15H21NO4S. The van der Waals surface area contributed by atoms with Crippen molar-refractivity contribution in [2.24, 2.45) is 5.41 Å². The average Bonchev–Trinajstić information content (AvgIpc) is 2.76. The average molecular weight is 311 g/mol. The van der Waals surface area contributed by atoms with Crippen molar-refractivity contribution in [1.82, 2.24) is 4.90 Å². The van der Waals surface area contributed by atoms with E-state index in [1.54, 1.807) is 0 Å². The molecule has 1 N–H and O–H groups in total. The van der Waals surface area contributed by atoms with Gasteiger partial charge in [0.15, 0.2) is 9.84 Å². The van der Waals surface area contributed by atoms with Gasteiger partial charge < -0.3 is 10.0 Å². The second kappa shape index (κ2) is 5.77. The van der Waals surface area contributed by atoms with E-state index in [1.807, 2.05) is 0 Å². The number of carbonyl (C=O) groups is 1. The van der Waals surface area contributed by atoms with Gasteiger partial charge in [-0.05, 0) is 42.6 Å². The molecule has 6 heteroatoms. The van der Waals surface area contributed by atoms with Crippen LogP contribution in [0.15, 0.2) is 29.2 Å². The molecule has 0 bridgehead atoms. The number of hydrogen-bond donors (Lipinski definition) is 1. The Hall–Kier alpha value is -1.40. The minimum absolute atomic E-state index is 0.0650. The first-order chi connectivity index (χ1) is 9.70. The van der Waals surface area contributed by atoms with E-state index in [-0.39, 0.29) is 21.6 Å². The third-order valence-corrected chi connectivity index (χ3v) is 5.60. The van der Waals surface area contributed by atoms with Gasteiger partial charge in [0.05, 0.1) is 16.2 Å². The summed E-state index contributed by atoms with van der Waals surface area (Å²) in [5.41, 5.74) is 0.350. The van der Waals surface area contributed by atoms with Crippen molar-refractivity contribution < 1.29 is 18.3 Å². The summed E-state index contributed by atoms with van der Waals surface area (Å²) in [6.45, 7) is 6.74. The first-order valence-electron chi connectivity index (χ1n) is 6.98. The van der Waals surface area contributed by atoms with Gasteiger partial charge in [-0.15, -0.1) is 0 Å². The molecule has 1 aromatic rings. The Labute approximate surface area is 125 Å². The number of hydrogen-bond acceptors (Lipinski definition) is 4. The Morgan fingerprint density at radius 1 is 1.29 bits per heavy atom. The molecule has 0 spiro atoms. The largest absolute Gasteiger partial charge is 0.478 e. The molecule has 1 saturated heterocycles. The van der Waals surface area contributed by atoms with Crippen molar-refractivity contribution in [2.75, 3.05) is 25.4 Å². The molecule has 1 aliphatic heterocycles. The first kappa shape index (κ1) is 16.0. The smallest absolute Gasteiger partial charge is 0.335 e. The summed E-state index contributed by atoms with van der Waals surface area (Å²) in [5.74, 6) is -0.992. The number of carboxylic acids is 1. The van der Waals surface area contributed by atoms with E-state index >= 15 is 0 Å². The van der Waals surface area contributed by atoms with Crippen LogP contribution >= 0.6 is 0 Å². The Morgan fingerprint density at radius 3 is 2.38 bits per heavy atom. The third-order valence-electron chi connectivity index (χ3n) is 3.89. The van der Waals surface area contributed by atoms with Gasteiger partial charge in [-0.1, -0.05) is 13.8 Å². The van der Waals surface area contributed by atoms with Crippen LogP contribution in [0.5, 0.6) is 0 Å². The van der Waals surface area contributed by atoms with Crippen molar-refractivity contribution in [1.29, 1.82) is 0 Å². The molecule has 0 atom stereocenters. The van der Waals surface area contributed by atoms with Crippen LogP contribution in [0, 0.1) is 5.41 Å². The molecule has 0 saturated carbocycles. The van der Waals surface area contributed by atoms with Gasteiger partial charge in [-0.2, -0.15) is 0 Å². The summed E-state index contributed by atoms with van der Waals surface area (Å²) in [4.78, 5) is 13.1. The van der Waals surface area contributed by atoms with E-state index < -0.39 is 15.8 Å². The summed E-state index contributed by atoms with van der Waals surface area (Å²) in [5, 5.41) is 8.82. The van der Waals surface area contributed by atoms with E-state index in [1.165, 1.54) is 24.3 Å². The number of rotatable bonds is 5. The highest BCUT2D eigenvalue weighted by Crippen LogP contribution is 2.28. The SMILES string of the molecule is CC1(C)CCN(CCS(=O)(=O)c2ccc(C(=O)O)cc2)C1. The summed E-state index contributed by atoms with van der Waals surface area (Å²) in [6.07, 6.45) is 1.08. The monoisotopic (exact) mass is 311 g/mol. The number of likely N-dealkylation sites (tertiary alicyclic amines) is 1. The van der Waals surface area contributed by atoms with E-state index in [4.69, 9.17) is 5.11 Å². The van der Waals surface area contributed by atoms with Crippen LogP contribution in [0.2, 0.25) is 0 Å². The third kappa shape index (κ3) is 4.04. The topological polar surface area (TPSA) is 74.7 Å². The van der Waals surface area contributed by atoms with Crippen molar-refractivity contribution in [3.63, 3.8) is 0 Å². The minimum Gasteiger partial charge on any atom is -0.478 e. The summed E-state index contributed by atoms with van der Waals surface area (Å²) in [6, 6.07) is 5.39. The zero-order valence-corrected chi connectivity index (χ0v) is 13.2. The molecule has 1 heterocycles. The number of aromatic carboxylic acids is 1. The van der Waals surface area contributed by atoms with Gasteiger partial charge in [-0.3, -0.25) is 0 Å². The molecule has 0 aliphatic carbocycles. The van der Waals surface area contributed by atoms with Crippen LogP contribution in [0.25, 0.3) is 0 Å².